The second kappa shape index (κ2) is 9.78. The van der Waals surface area contributed by atoms with E-state index in [1.807, 2.05) is 0 Å². The Bertz CT molecular complexity index is 1110. The molecule has 33 heavy (non-hydrogen) atoms. The highest BCUT2D eigenvalue weighted by molar-refractivity contribution is 6.36. The van der Waals surface area contributed by atoms with E-state index >= 15 is 0 Å². The Morgan fingerprint density at radius 2 is 1.79 bits per heavy atom. The van der Waals surface area contributed by atoms with E-state index in [-0.39, 0.29) is 16.4 Å². The lowest BCUT2D eigenvalue weighted by Crippen LogP contribution is -2.43. The van der Waals surface area contributed by atoms with Gasteiger partial charge in [-0.15, -0.1) is 0 Å². The van der Waals surface area contributed by atoms with Gasteiger partial charge in [0.05, 0.1) is 18.7 Å². The van der Waals surface area contributed by atoms with Crippen molar-refractivity contribution in [1.29, 1.82) is 0 Å². The summed E-state index contributed by atoms with van der Waals surface area (Å²) in [5.74, 6) is -0.280. The minimum atomic E-state index is -4.44. The van der Waals surface area contributed by atoms with Crippen molar-refractivity contribution >= 4 is 34.1 Å². The van der Waals surface area contributed by atoms with Gasteiger partial charge in [0.25, 0.3) is 0 Å². The van der Waals surface area contributed by atoms with Crippen LogP contribution in [-0.4, -0.2) is 42.3 Å². The van der Waals surface area contributed by atoms with Crippen LogP contribution >= 0.6 is 23.2 Å². The quantitative estimate of drug-likeness (QED) is 0.321. The third-order valence-electron chi connectivity index (χ3n) is 6.06. The van der Waals surface area contributed by atoms with Crippen LogP contribution in [0.1, 0.15) is 24.0 Å². The molecule has 0 radical (unpaired) electrons. The van der Waals surface area contributed by atoms with E-state index in [9.17, 15) is 17.6 Å². The maximum Gasteiger partial charge on any atom is 0.408 e. The minimum Gasteiger partial charge on any atom is -0.380 e. The number of nitrogens with zero attached hydrogens (tertiary/aromatic N) is 2. The van der Waals surface area contributed by atoms with E-state index in [1.165, 1.54) is 18.2 Å². The SMILES string of the molecule is Fc1ccc(C2(COCCc3cc(Cl)cc4c(Cl)n(CC(F)(F)F)nc34)CCNCC2)cc1. The summed E-state index contributed by atoms with van der Waals surface area (Å²) in [6.45, 7) is 1.18. The predicted molar refractivity (Wildman–Crippen MR) is 121 cm³/mol. The summed E-state index contributed by atoms with van der Waals surface area (Å²) in [4.78, 5) is 0. The molecule has 1 aliphatic heterocycles. The molecule has 0 amide bonds. The number of halogens is 6. The fraction of sp³-hybridized carbons (Fsp3) is 0.435. The van der Waals surface area contributed by atoms with Gasteiger partial charge in [0.15, 0.2) is 0 Å². The van der Waals surface area contributed by atoms with Crippen LogP contribution in [0.2, 0.25) is 10.2 Å². The van der Waals surface area contributed by atoms with Gasteiger partial charge in [-0.3, -0.25) is 0 Å². The number of aromatic nitrogens is 2. The number of hydrogen-bond acceptors (Lipinski definition) is 3. The minimum absolute atomic E-state index is 0.100. The van der Waals surface area contributed by atoms with Crippen LogP contribution in [0.25, 0.3) is 10.9 Å². The van der Waals surface area contributed by atoms with Gasteiger partial charge in [-0.2, -0.15) is 18.3 Å². The van der Waals surface area contributed by atoms with Crippen molar-refractivity contribution in [2.75, 3.05) is 26.3 Å². The van der Waals surface area contributed by atoms with Gasteiger partial charge in [-0.25, -0.2) is 9.07 Å². The summed E-state index contributed by atoms with van der Waals surface area (Å²) in [7, 11) is 0. The molecule has 10 heteroatoms. The Morgan fingerprint density at radius 1 is 1.09 bits per heavy atom. The molecule has 2 heterocycles. The monoisotopic (exact) mass is 503 g/mol. The van der Waals surface area contributed by atoms with Crippen LogP contribution in [0, 0.1) is 5.82 Å². The lowest BCUT2D eigenvalue weighted by molar-refractivity contribution is -0.142. The van der Waals surface area contributed by atoms with Crippen LogP contribution in [0.15, 0.2) is 36.4 Å². The fourth-order valence-electron chi connectivity index (χ4n) is 4.37. The van der Waals surface area contributed by atoms with E-state index in [4.69, 9.17) is 27.9 Å². The number of alkyl halides is 3. The molecule has 0 aliphatic carbocycles. The first-order valence-electron chi connectivity index (χ1n) is 10.6. The zero-order chi connectivity index (χ0) is 23.6. The molecular formula is C23H23Cl2F4N3O. The summed E-state index contributed by atoms with van der Waals surface area (Å²) in [6, 6.07) is 9.72. The van der Waals surface area contributed by atoms with Gasteiger partial charge in [0, 0.05) is 15.8 Å². The van der Waals surface area contributed by atoms with E-state index in [1.54, 1.807) is 18.2 Å². The molecule has 1 aromatic heterocycles. The molecule has 0 atom stereocenters. The van der Waals surface area contributed by atoms with Gasteiger partial charge in [-0.05, 0) is 67.7 Å². The number of piperidine rings is 1. The molecule has 1 N–H and O–H groups in total. The third kappa shape index (κ3) is 5.62. The van der Waals surface area contributed by atoms with Crippen molar-refractivity contribution in [2.24, 2.45) is 0 Å². The summed E-state index contributed by atoms with van der Waals surface area (Å²) in [6.07, 6.45) is -2.31. The Morgan fingerprint density at radius 3 is 2.45 bits per heavy atom. The Kier molecular flexibility index (Phi) is 7.19. The van der Waals surface area contributed by atoms with E-state index in [0.717, 1.165) is 36.2 Å². The largest absolute Gasteiger partial charge is 0.408 e. The van der Waals surface area contributed by atoms with E-state index < -0.39 is 12.7 Å². The topological polar surface area (TPSA) is 39.1 Å². The number of benzene rings is 2. The molecule has 0 bridgehead atoms. The molecule has 4 nitrogen and oxygen atoms in total. The summed E-state index contributed by atoms with van der Waals surface area (Å²) in [5.41, 5.74) is 1.86. The van der Waals surface area contributed by atoms with Crippen LogP contribution < -0.4 is 5.32 Å². The molecule has 178 valence electrons. The van der Waals surface area contributed by atoms with Gasteiger partial charge >= 0.3 is 6.18 Å². The second-order valence-corrected chi connectivity index (χ2v) is 9.16. The average Bonchev–Trinajstić information content (AvgIpc) is 3.06. The molecule has 4 rings (SSSR count). The molecule has 0 saturated carbocycles. The predicted octanol–water partition coefficient (Wildman–Crippen LogP) is 5.93. The lowest BCUT2D eigenvalue weighted by Gasteiger charge is -2.38. The van der Waals surface area contributed by atoms with Gasteiger partial charge in [0.1, 0.15) is 17.5 Å². The highest BCUT2D eigenvalue weighted by Gasteiger charge is 2.34. The number of fused-ring (bicyclic) bond motifs is 1. The fourth-order valence-corrected chi connectivity index (χ4v) is 4.86. The van der Waals surface area contributed by atoms with Crippen molar-refractivity contribution in [3.63, 3.8) is 0 Å². The molecule has 0 unspecified atom stereocenters. The number of rotatable bonds is 7. The van der Waals surface area contributed by atoms with Crippen LogP contribution in [0.3, 0.4) is 0 Å². The van der Waals surface area contributed by atoms with Crippen molar-refractivity contribution in [3.8, 4) is 0 Å². The van der Waals surface area contributed by atoms with Crippen LogP contribution in [-0.2, 0) is 23.1 Å². The van der Waals surface area contributed by atoms with Crippen molar-refractivity contribution in [2.45, 2.75) is 37.4 Å². The Balaban J connectivity index is 1.49. The summed E-state index contributed by atoms with van der Waals surface area (Å²) in [5, 5.41) is 8.07. The van der Waals surface area contributed by atoms with Crippen LogP contribution in [0.4, 0.5) is 17.6 Å². The molecule has 3 aromatic rings. The zero-order valence-corrected chi connectivity index (χ0v) is 19.2. The third-order valence-corrected chi connectivity index (χ3v) is 6.68. The summed E-state index contributed by atoms with van der Waals surface area (Å²) >= 11 is 12.3. The highest BCUT2D eigenvalue weighted by Crippen LogP contribution is 2.35. The number of nitrogens with one attached hydrogen (secondary N) is 1. The van der Waals surface area contributed by atoms with E-state index in [0.29, 0.717) is 41.1 Å². The smallest absolute Gasteiger partial charge is 0.380 e. The van der Waals surface area contributed by atoms with Crippen molar-refractivity contribution < 1.29 is 22.3 Å². The maximum absolute atomic E-state index is 13.4. The van der Waals surface area contributed by atoms with Crippen molar-refractivity contribution in [1.82, 2.24) is 15.1 Å². The number of ether oxygens (including phenoxy) is 1. The first-order valence-corrected chi connectivity index (χ1v) is 11.4. The number of hydrogen-bond donors (Lipinski definition) is 1. The van der Waals surface area contributed by atoms with Crippen molar-refractivity contribution in [3.05, 3.63) is 63.5 Å². The zero-order valence-electron chi connectivity index (χ0n) is 17.7. The summed E-state index contributed by atoms with van der Waals surface area (Å²) < 4.78 is 58.8. The molecule has 1 aliphatic rings. The van der Waals surface area contributed by atoms with E-state index in [2.05, 4.69) is 10.4 Å². The maximum atomic E-state index is 13.4. The van der Waals surface area contributed by atoms with Gasteiger partial charge < -0.3 is 10.1 Å². The molecule has 2 aromatic carbocycles. The molecule has 0 spiro atoms. The Labute approximate surface area is 198 Å². The average molecular weight is 504 g/mol. The lowest BCUT2D eigenvalue weighted by atomic mass is 9.74. The normalized spacial score (nSPS) is 16.4. The van der Waals surface area contributed by atoms with Gasteiger partial charge in [0.2, 0.25) is 0 Å². The highest BCUT2D eigenvalue weighted by atomic mass is 35.5. The Hall–Kier alpha value is -1.87. The molecular weight excluding hydrogens is 481 g/mol. The van der Waals surface area contributed by atoms with Gasteiger partial charge in [-0.1, -0.05) is 35.3 Å². The first kappa shape index (κ1) is 24.3. The molecule has 1 fully saturated rings. The second-order valence-electron chi connectivity index (χ2n) is 8.36. The van der Waals surface area contributed by atoms with Crippen LogP contribution in [0.5, 0.6) is 0 Å². The molecule has 1 saturated heterocycles. The first-order chi connectivity index (χ1) is 15.7. The standard InChI is InChI=1S/C23H23Cl2F4N3O/c24-17-11-15(20-19(12-17)21(25)32(31-20)13-23(27,28)29)5-10-33-14-22(6-8-30-9-7-22)16-1-3-18(26)4-2-16/h1-4,11-12,30H,5-10,13-14H2.